The average Bonchev–Trinajstić information content (AvgIpc) is 3.16. The largest absolute Gasteiger partial charge is 0.454 e. The third-order valence-corrected chi connectivity index (χ3v) is 5.86. The van der Waals surface area contributed by atoms with Gasteiger partial charge < -0.3 is 9.30 Å². The van der Waals surface area contributed by atoms with Gasteiger partial charge in [-0.3, -0.25) is 19.3 Å². The minimum absolute atomic E-state index is 0.125. The van der Waals surface area contributed by atoms with Crippen molar-refractivity contribution in [1.82, 2.24) is 24.1 Å². The number of carbonyl (C=O) groups excluding carboxylic acids is 1. The highest BCUT2D eigenvalue weighted by molar-refractivity contribution is 5.95. The lowest BCUT2D eigenvalue weighted by Gasteiger charge is -2.10. The van der Waals surface area contributed by atoms with Crippen LogP contribution in [0, 0.1) is 13.8 Å². The van der Waals surface area contributed by atoms with Gasteiger partial charge >= 0.3 is 11.7 Å². The van der Waals surface area contributed by atoms with E-state index in [2.05, 4.69) is 15.0 Å². The number of pyridine rings is 1. The summed E-state index contributed by atoms with van der Waals surface area (Å²) in [5, 5.41) is 0.863. The Bertz CT molecular complexity index is 1500. The molecule has 4 rings (SSSR count). The second-order valence-electron chi connectivity index (χ2n) is 8.51. The van der Waals surface area contributed by atoms with Crippen molar-refractivity contribution in [1.29, 1.82) is 0 Å². The van der Waals surface area contributed by atoms with Gasteiger partial charge in [-0.1, -0.05) is 31.9 Å². The third kappa shape index (κ3) is 4.37. The Morgan fingerprint density at radius 1 is 1.03 bits per heavy atom. The number of nitrogens with one attached hydrogen (secondary N) is 1. The van der Waals surface area contributed by atoms with Gasteiger partial charge in [0.2, 0.25) is 0 Å². The van der Waals surface area contributed by atoms with Crippen LogP contribution in [0.2, 0.25) is 0 Å². The molecule has 0 bridgehead atoms. The monoisotopic (exact) mass is 463 g/mol. The van der Waals surface area contributed by atoms with Crippen LogP contribution < -0.4 is 11.2 Å². The zero-order chi connectivity index (χ0) is 24.4. The summed E-state index contributed by atoms with van der Waals surface area (Å²) < 4.78 is 8.84. The predicted octanol–water partition coefficient (Wildman–Crippen LogP) is 3.62. The summed E-state index contributed by atoms with van der Waals surface area (Å²) in [6, 6.07) is 7.67. The quantitative estimate of drug-likeness (QED) is 0.400. The first-order valence-corrected chi connectivity index (χ1v) is 11.6. The molecule has 1 aromatic carbocycles. The van der Waals surface area contributed by atoms with E-state index in [4.69, 9.17) is 4.74 Å². The van der Waals surface area contributed by atoms with E-state index in [0.717, 1.165) is 35.7 Å². The molecular formula is C25H29N5O4. The molecule has 0 amide bonds. The highest BCUT2D eigenvalue weighted by atomic mass is 16.5. The van der Waals surface area contributed by atoms with Crippen molar-refractivity contribution in [3.8, 4) is 0 Å². The number of benzene rings is 1. The van der Waals surface area contributed by atoms with Gasteiger partial charge in [-0.2, -0.15) is 0 Å². The SMILES string of the molecule is CCCCn1c(=O)[nH]c(=O)c2c1nc(COC(=O)c1cc3cc(C)ccc3nc1C)n2CCC. The molecule has 9 heteroatoms. The van der Waals surface area contributed by atoms with E-state index in [1.54, 1.807) is 17.6 Å². The molecule has 0 fully saturated rings. The Morgan fingerprint density at radius 2 is 1.82 bits per heavy atom. The van der Waals surface area contributed by atoms with Crippen LogP contribution in [0.4, 0.5) is 0 Å². The number of aromatic amines is 1. The first kappa shape index (κ1) is 23.4. The molecule has 3 aromatic heterocycles. The molecule has 34 heavy (non-hydrogen) atoms. The summed E-state index contributed by atoms with van der Waals surface area (Å²) in [6.07, 6.45) is 2.42. The molecule has 0 atom stereocenters. The van der Waals surface area contributed by atoms with E-state index in [9.17, 15) is 14.4 Å². The lowest BCUT2D eigenvalue weighted by atomic mass is 10.1. The molecule has 9 nitrogen and oxygen atoms in total. The molecule has 0 aliphatic heterocycles. The minimum atomic E-state index is -0.513. The molecule has 0 aliphatic rings. The number of hydrogen-bond acceptors (Lipinski definition) is 6. The van der Waals surface area contributed by atoms with E-state index in [1.807, 2.05) is 39.0 Å². The molecule has 0 aliphatic carbocycles. The maximum atomic E-state index is 13.0. The molecule has 3 heterocycles. The second kappa shape index (κ2) is 9.62. The highest BCUT2D eigenvalue weighted by Gasteiger charge is 2.20. The van der Waals surface area contributed by atoms with Crippen molar-refractivity contribution in [2.75, 3.05) is 0 Å². The molecule has 0 unspecified atom stereocenters. The lowest BCUT2D eigenvalue weighted by molar-refractivity contribution is 0.0457. The zero-order valence-corrected chi connectivity index (χ0v) is 20.0. The van der Waals surface area contributed by atoms with Crippen LogP contribution >= 0.6 is 0 Å². The lowest BCUT2D eigenvalue weighted by Crippen LogP contribution is -2.31. The van der Waals surface area contributed by atoms with Crippen LogP contribution in [-0.2, 0) is 24.4 Å². The van der Waals surface area contributed by atoms with Crippen LogP contribution in [0.25, 0.3) is 22.1 Å². The highest BCUT2D eigenvalue weighted by Crippen LogP contribution is 2.20. The number of esters is 1. The molecular weight excluding hydrogens is 434 g/mol. The van der Waals surface area contributed by atoms with Crippen molar-refractivity contribution >= 4 is 28.0 Å². The fraction of sp³-hybridized carbons (Fsp3) is 0.400. The summed E-state index contributed by atoms with van der Waals surface area (Å²) in [5.41, 5.74) is 2.52. The first-order chi connectivity index (χ1) is 16.3. The van der Waals surface area contributed by atoms with Crippen LogP contribution in [0.3, 0.4) is 0 Å². The smallest absolute Gasteiger partial charge is 0.340 e. The van der Waals surface area contributed by atoms with Crippen molar-refractivity contribution < 1.29 is 9.53 Å². The number of nitrogens with zero attached hydrogens (tertiary/aromatic N) is 4. The molecule has 4 aromatic rings. The third-order valence-electron chi connectivity index (χ3n) is 5.86. The molecule has 0 spiro atoms. The van der Waals surface area contributed by atoms with E-state index < -0.39 is 17.2 Å². The fourth-order valence-corrected chi connectivity index (χ4v) is 4.12. The normalized spacial score (nSPS) is 11.4. The summed E-state index contributed by atoms with van der Waals surface area (Å²) in [4.78, 5) is 49.5. The molecule has 178 valence electrons. The maximum Gasteiger partial charge on any atom is 0.340 e. The van der Waals surface area contributed by atoms with Gasteiger partial charge in [0.15, 0.2) is 11.2 Å². The number of fused-ring (bicyclic) bond motifs is 2. The number of aryl methyl sites for hydroxylation is 4. The number of H-pyrrole nitrogens is 1. The Hall–Kier alpha value is -3.75. The van der Waals surface area contributed by atoms with Gasteiger partial charge in [-0.15, -0.1) is 0 Å². The number of imidazole rings is 1. The number of hydrogen-bond donors (Lipinski definition) is 1. The summed E-state index contributed by atoms with van der Waals surface area (Å²) in [7, 11) is 0. The van der Waals surface area contributed by atoms with Crippen molar-refractivity contribution in [3.05, 3.63) is 67.7 Å². The van der Waals surface area contributed by atoms with Gasteiger partial charge in [-0.05, 0) is 44.9 Å². The van der Waals surface area contributed by atoms with E-state index in [-0.39, 0.29) is 6.61 Å². The van der Waals surface area contributed by atoms with Gasteiger partial charge in [-0.25, -0.2) is 14.6 Å². The number of carbonyl (C=O) groups is 1. The summed E-state index contributed by atoms with van der Waals surface area (Å²) in [5.74, 6) is -0.0883. The number of aromatic nitrogens is 5. The molecule has 1 N–H and O–H groups in total. The van der Waals surface area contributed by atoms with Crippen molar-refractivity contribution in [2.24, 2.45) is 0 Å². The van der Waals surface area contributed by atoms with E-state index >= 15 is 0 Å². The number of unbranched alkanes of at least 4 members (excludes halogenated alkanes) is 1. The minimum Gasteiger partial charge on any atom is -0.454 e. The molecule has 0 saturated heterocycles. The Labute approximate surface area is 196 Å². The second-order valence-corrected chi connectivity index (χ2v) is 8.51. The van der Waals surface area contributed by atoms with Gasteiger partial charge in [0.05, 0.1) is 16.8 Å². The molecule has 0 radical (unpaired) electrons. The predicted molar refractivity (Wildman–Crippen MR) is 130 cm³/mol. The number of ether oxygens (including phenoxy) is 1. The Morgan fingerprint density at radius 3 is 2.56 bits per heavy atom. The topological polar surface area (TPSA) is 112 Å². The Balaban J connectivity index is 1.70. The van der Waals surface area contributed by atoms with Gasteiger partial charge in [0.25, 0.3) is 5.56 Å². The molecule has 0 saturated carbocycles. The zero-order valence-electron chi connectivity index (χ0n) is 20.0. The van der Waals surface area contributed by atoms with Gasteiger partial charge in [0.1, 0.15) is 12.4 Å². The van der Waals surface area contributed by atoms with Crippen LogP contribution in [-0.4, -0.2) is 30.1 Å². The van der Waals surface area contributed by atoms with Crippen molar-refractivity contribution in [3.63, 3.8) is 0 Å². The van der Waals surface area contributed by atoms with Crippen LogP contribution in [0.1, 0.15) is 60.5 Å². The standard InChI is InChI=1S/C25H29N5O4/c1-5-7-11-30-22-21(23(31)28-25(30)33)29(10-6-2)20(27-22)14-34-24(32)18-13-17-12-15(3)8-9-19(17)26-16(18)4/h8-9,12-13H,5-7,10-11,14H2,1-4H3,(H,28,31,33). The summed E-state index contributed by atoms with van der Waals surface area (Å²) >= 11 is 0. The Kier molecular flexibility index (Phi) is 6.63. The van der Waals surface area contributed by atoms with Gasteiger partial charge in [0, 0.05) is 18.5 Å². The van der Waals surface area contributed by atoms with E-state index in [0.29, 0.717) is 41.3 Å². The average molecular weight is 464 g/mol. The number of rotatable bonds is 8. The van der Waals surface area contributed by atoms with Crippen LogP contribution in [0.15, 0.2) is 33.9 Å². The maximum absolute atomic E-state index is 13.0. The fourth-order valence-electron chi connectivity index (χ4n) is 4.12. The van der Waals surface area contributed by atoms with Crippen LogP contribution in [0.5, 0.6) is 0 Å². The summed E-state index contributed by atoms with van der Waals surface area (Å²) in [6.45, 7) is 8.60. The van der Waals surface area contributed by atoms with E-state index in [1.165, 1.54) is 4.57 Å². The first-order valence-electron chi connectivity index (χ1n) is 11.6. The van der Waals surface area contributed by atoms with Crippen molar-refractivity contribution in [2.45, 2.75) is 66.7 Å².